The molecule has 0 aliphatic heterocycles. The van der Waals surface area contributed by atoms with E-state index in [0.29, 0.717) is 17.8 Å². The SMILES string of the molecule is CNC1CCCc2c(OCc3ncc(Cl)n3C)cccc21. The van der Waals surface area contributed by atoms with E-state index in [9.17, 15) is 0 Å². The van der Waals surface area contributed by atoms with E-state index >= 15 is 0 Å². The largest absolute Gasteiger partial charge is 0.485 e. The van der Waals surface area contributed by atoms with Crippen LogP contribution in [0.2, 0.25) is 5.15 Å². The number of ether oxygens (including phenoxy) is 1. The van der Waals surface area contributed by atoms with Gasteiger partial charge in [-0.25, -0.2) is 4.98 Å². The molecule has 1 aromatic heterocycles. The lowest BCUT2D eigenvalue weighted by molar-refractivity contribution is 0.286. The van der Waals surface area contributed by atoms with Crippen LogP contribution in [0.15, 0.2) is 24.4 Å². The predicted octanol–water partition coefficient (Wildman–Crippen LogP) is 3.25. The standard InChI is InChI=1S/C16H20ClN3O/c1-18-13-7-3-6-12-11(13)5-4-8-14(12)21-10-16-19-9-15(17)20(16)2/h4-5,8-9,13,18H,3,6-7,10H2,1-2H3. The summed E-state index contributed by atoms with van der Waals surface area (Å²) in [6, 6.07) is 6.73. The van der Waals surface area contributed by atoms with E-state index in [4.69, 9.17) is 16.3 Å². The zero-order valence-corrected chi connectivity index (χ0v) is 13.2. The van der Waals surface area contributed by atoms with Crippen molar-refractivity contribution in [3.8, 4) is 5.75 Å². The summed E-state index contributed by atoms with van der Waals surface area (Å²) in [6.07, 6.45) is 5.10. The van der Waals surface area contributed by atoms with E-state index in [1.54, 1.807) is 6.20 Å². The molecule has 5 heteroatoms. The van der Waals surface area contributed by atoms with Crippen molar-refractivity contribution < 1.29 is 4.74 Å². The second kappa shape index (κ2) is 6.08. The summed E-state index contributed by atoms with van der Waals surface area (Å²) in [4.78, 5) is 4.27. The number of hydrogen-bond acceptors (Lipinski definition) is 3. The quantitative estimate of drug-likeness (QED) is 0.942. The fourth-order valence-electron chi connectivity index (χ4n) is 2.95. The van der Waals surface area contributed by atoms with Gasteiger partial charge < -0.3 is 14.6 Å². The molecular weight excluding hydrogens is 286 g/mol. The number of nitrogens with zero attached hydrogens (tertiary/aromatic N) is 2. The maximum atomic E-state index is 6.01. The Morgan fingerprint density at radius 2 is 2.33 bits per heavy atom. The first-order valence-electron chi connectivity index (χ1n) is 7.28. The van der Waals surface area contributed by atoms with Crippen LogP contribution in [0, 0.1) is 0 Å². The Balaban J connectivity index is 1.82. The molecule has 0 bridgehead atoms. The van der Waals surface area contributed by atoms with Crippen LogP contribution in [0.5, 0.6) is 5.75 Å². The van der Waals surface area contributed by atoms with Gasteiger partial charge in [0, 0.05) is 13.1 Å². The van der Waals surface area contributed by atoms with Crippen LogP contribution in [0.4, 0.5) is 0 Å². The van der Waals surface area contributed by atoms with Crippen LogP contribution >= 0.6 is 11.6 Å². The van der Waals surface area contributed by atoms with Crippen molar-refractivity contribution in [2.45, 2.75) is 31.9 Å². The normalized spacial score (nSPS) is 17.6. The van der Waals surface area contributed by atoms with Crippen LogP contribution in [0.1, 0.15) is 35.8 Å². The van der Waals surface area contributed by atoms with Crippen LogP contribution in [-0.4, -0.2) is 16.6 Å². The number of halogens is 1. The number of nitrogens with one attached hydrogen (secondary N) is 1. The zero-order valence-electron chi connectivity index (χ0n) is 12.4. The molecule has 2 aromatic rings. The molecule has 0 saturated heterocycles. The van der Waals surface area contributed by atoms with Crippen molar-refractivity contribution in [2.75, 3.05) is 7.05 Å². The fourth-order valence-corrected chi connectivity index (χ4v) is 3.10. The van der Waals surface area contributed by atoms with Gasteiger partial charge in [-0.15, -0.1) is 0 Å². The highest BCUT2D eigenvalue weighted by atomic mass is 35.5. The molecule has 21 heavy (non-hydrogen) atoms. The Kier molecular flexibility index (Phi) is 4.17. The Morgan fingerprint density at radius 1 is 1.48 bits per heavy atom. The highest BCUT2D eigenvalue weighted by molar-refractivity contribution is 6.29. The van der Waals surface area contributed by atoms with E-state index in [-0.39, 0.29) is 0 Å². The average Bonchev–Trinajstić information content (AvgIpc) is 2.84. The average molecular weight is 306 g/mol. The van der Waals surface area contributed by atoms with Crippen molar-refractivity contribution >= 4 is 11.6 Å². The molecule has 3 rings (SSSR count). The van der Waals surface area contributed by atoms with E-state index in [1.165, 1.54) is 24.0 Å². The van der Waals surface area contributed by atoms with Crippen LogP contribution in [0.3, 0.4) is 0 Å². The van der Waals surface area contributed by atoms with Crippen LogP contribution in [0.25, 0.3) is 0 Å². The predicted molar refractivity (Wildman–Crippen MR) is 83.7 cm³/mol. The minimum absolute atomic E-state index is 0.430. The number of fused-ring (bicyclic) bond motifs is 1. The van der Waals surface area contributed by atoms with Crippen LogP contribution in [-0.2, 0) is 20.1 Å². The lowest BCUT2D eigenvalue weighted by Gasteiger charge is -2.26. The van der Waals surface area contributed by atoms with Gasteiger partial charge in [0.1, 0.15) is 23.3 Å². The minimum atomic E-state index is 0.430. The Morgan fingerprint density at radius 3 is 3.05 bits per heavy atom. The first-order valence-corrected chi connectivity index (χ1v) is 7.66. The molecule has 1 atom stereocenters. The van der Waals surface area contributed by atoms with E-state index < -0.39 is 0 Å². The van der Waals surface area contributed by atoms with Crippen molar-refractivity contribution in [2.24, 2.45) is 7.05 Å². The lowest BCUT2D eigenvalue weighted by Crippen LogP contribution is -2.22. The molecule has 0 radical (unpaired) electrons. The molecule has 1 heterocycles. The molecule has 1 aromatic carbocycles. The summed E-state index contributed by atoms with van der Waals surface area (Å²) in [5.41, 5.74) is 2.68. The smallest absolute Gasteiger partial charge is 0.147 e. The number of imidazole rings is 1. The monoisotopic (exact) mass is 305 g/mol. The molecule has 0 fully saturated rings. The van der Waals surface area contributed by atoms with Crippen molar-refractivity contribution in [3.63, 3.8) is 0 Å². The van der Waals surface area contributed by atoms with Gasteiger partial charge in [-0.3, -0.25) is 0 Å². The van der Waals surface area contributed by atoms with Gasteiger partial charge >= 0.3 is 0 Å². The minimum Gasteiger partial charge on any atom is -0.485 e. The summed E-state index contributed by atoms with van der Waals surface area (Å²) >= 11 is 6.00. The first kappa shape index (κ1) is 14.4. The third-order valence-corrected chi connectivity index (χ3v) is 4.55. The second-order valence-corrected chi connectivity index (χ2v) is 5.79. The van der Waals surface area contributed by atoms with Crippen molar-refractivity contribution in [1.82, 2.24) is 14.9 Å². The molecule has 0 saturated carbocycles. The summed E-state index contributed by atoms with van der Waals surface area (Å²) in [7, 11) is 3.91. The third kappa shape index (κ3) is 2.78. The number of rotatable bonds is 4. The maximum absolute atomic E-state index is 6.01. The summed E-state index contributed by atoms with van der Waals surface area (Å²) in [5.74, 6) is 1.80. The number of hydrogen-bond donors (Lipinski definition) is 1. The molecule has 0 amide bonds. The van der Waals surface area contributed by atoms with Gasteiger partial charge in [0.2, 0.25) is 0 Å². The van der Waals surface area contributed by atoms with Gasteiger partial charge in [0.15, 0.2) is 0 Å². The Bertz CT molecular complexity index is 638. The molecule has 4 nitrogen and oxygen atoms in total. The van der Waals surface area contributed by atoms with E-state index in [1.807, 2.05) is 24.7 Å². The third-order valence-electron chi connectivity index (χ3n) is 4.20. The summed E-state index contributed by atoms with van der Waals surface area (Å²) in [6.45, 7) is 0.434. The maximum Gasteiger partial charge on any atom is 0.147 e. The Labute approximate surface area is 130 Å². The first-order chi connectivity index (χ1) is 10.2. The van der Waals surface area contributed by atoms with Gasteiger partial charge in [-0.1, -0.05) is 23.7 Å². The molecule has 112 valence electrons. The summed E-state index contributed by atoms with van der Waals surface area (Å²) < 4.78 is 7.85. The van der Waals surface area contributed by atoms with E-state index in [0.717, 1.165) is 18.0 Å². The number of benzene rings is 1. The van der Waals surface area contributed by atoms with Crippen molar-refractivity contribution in [3.05, 3.63) is 46.5 Å². The molecule has 1 N–H and O–H groups in total. The zero-order chi connectivity index (χ0) is 14.8. The molecular formula is C16H20ClN3O. The molecule has 1 unspecified atom stereocenters. The van der Waals surface area contributed by atoms with Gasteiger partial charge in [0.25, 0.3) is 0 Å². The summed E-state index contributed by atoms with van der Waals surface area (Å²) in [5, 5.41) is 4.01. The Hall–Kier alpha value is -1.52. The highest BCUT2D eigenvalue weighted by Gasteiger charge is 2.21. The van der Waals surface area contributed by atoms with Crippen LogP contribution < -0.4 is 10.1 Å². The molecule has 1 aliphatic rings. The van der Waals surface area contributed by atoms with Crippen molar-refractivity contribution in [1.29, 1.82) is 0 Å². The van der Waals surface area contributed by atoms with Gasteiger partial charge in [-0.05, 0) is 43.5 Å². The highest BCUT2D eigenvalue weighted by Crippen LogP contribution is 2.35. The van der Waals surface area contributed by atoms with E-state index in [2.05, 4.69) is 22.4 Å². The second-order valence-electron chi connectivity index (χ2n) is 5.40. The number of aromatic nitrogens is 2. The fraction of sp³-hybridized carbons (Fsp3) is 0.438. The molecule has 1 aliphatic carbocycles. The van der Waals surface area contributed by atoms with Gasteiger partial charge in [-0.2, -0.15) is 0 Å². The topological polar surface area (TPSA) is 39.1 Å². The lowest BCUT2D eigenvalue weighted by atomic mass is 9.87. The molecule has 0 spiro atoms. The van der Waals surface area contributed by atoms with Gasteiger partial charge in [0.05, 0.1) is 6.20 Å².